The maximum absolute atomic E-state index is 10.7. The van der Waals surface area contributed by atoms with Crippen LogP contribution in [0.4, 0.5) is 11.4 Å². The van der Waals surface area contributed by atoms with Crippen LogP contribution in [0.25, 0.3) is 0 Å². The summed E-state index contributed by atoms with van der Waals surface area (Å²) >= 11 is 11.7. The minimum absolute atomic E-state index is 0.0986. The molecule has 0 saturated heterocycles. The van der Waals surface area contributed by atoms with Crippen molar-refractivity contribution in [2.24, 2.45) is 10.2 Å². The van der Waals surface area contributed by atoms with Gasteiger partial charge in [-0.1, -0.05) is 23.2 Å². The minimum atomic E-state index is -0.0986. The zero-order valence-electron chi connectivity index (χ0n) is 9.55. The highest BCUT2D eigenvalue weighted by molar-refractivity contribution is 6.36. The highest BCUT2D eigenvalue weighted by Gasteiger charge is 2.02. The highest BCUT2D eigenvalue weighted by Crippen LogP contribution is 2.30. The molecule has 19 heavy (non-hydrogen) atoms. The Morgan fingerprint density at radius 1 is 1.05 bits per heavy atom. The second-order valence-electron chi connectivity index (χ2n) is 3.66. The van der Waals surface area contributed by atoms with Crippen LogP contribution in [0.1, 0.15) is 10.4 Å². The van der Waals surface area contributed by atoms with E-state index in [0.29, 0.717) is 27.7 Å². The summed E-state index contributed by atoms with van der Waals surface area (Å²) in [5.74, 6) is -0.0986. The van der Waals surface area contributed by atoms with E-state index in [2.05, 4.69) is 10.2 Å². The Morgan fingerprint density at radius 3 is 2.53 bits per heavy atom. The standard InChI is InChI=1S/C13H8Cl2N2O2/c14-9-1-3-12(11(15)6-9)17-16-10-2-4-13(19)8(5-10)7-18/h1-7,19H. The minimum Gasteiger partial charge on any atom is -0.507 e. The number of halogens is 2. The Hall–Kier alpha value is -1.91. The summed E-state index contributed by atoms with van der Waals surface area (Å²) < 4.78 is 0. The predicted molar refractivity (Wildman–Crippen MR) is 74.1 cm³/mol. The molecule has 0 bridgehead atoms. The number of phenolic OH excluding ortho intramolecular Hbond substituents is 1. The topological polar surface area (TPSA) is 62.0 Å². The number of carbonyl (C=O) groups excluding carboxylic acids is 1. The molecule has 0 heterocycles. The van der Waals surface area contributed by atoms with Gasteiger partial charge < -0.3 is 5.11 Å². The van der Waals surface area contributed by atoms with E-state index >= 15 is 0 Å². The number of aromatic hydroxyl groups is 1. The second-order valence-corrected chi connectivity index (χ2v) is 4.50. The van der Waals surface area contributed by atoms with Crippen molar-refractivity contribution in [2.75, 3.05) is 0 Å². The molecule has 0 amide bonds. The molecule has 0 fully saturated rings. The number of benzene rings is 2. The predicted octanol–water partition coefficient (Wildman–Crippen LogP) is 4.93. The number of hydrogen-bond donors (Lipinski definition) is 1. The lowest BCUT2D eigenvalue weighted by molar-refractivity contribution is 0.112. The average Bonchev–Trinajstić information content (AvgIpc) is 2.39. The Kier molecular flexibility index (Phi) is 4.14. The first-order valence-electron chi connectivity index (χ1n) is 5.25. The molecule has 0 radical (unpaired) electrons. The number of carbonyl (C=O) groups is 1. The first kappa shape index (κ1) is 13.5. The summed E-state index contributed by atoms with van der Waals surface area (Å²) in [6.45, 7) is 0. The van der Waals surface area contributed by atoms with Gasteiger partial charge in [0.05, 0.1) is 16.3 Å². The van der Waals surface area contributed by atoms with Crippen molar-refractivity contribution in [3.05, 3.63) is 52.0 Å². The van der Waals surface area contributed by atoms with Gasteiger partial charge in [0.2, 0.25) is 0 Å². The third-order valence-corrected chi connectivity index (χ3v) is 2.86. The SMILES string of the molecule is O=Cc1cc(N=Nc2ccc(Cl)cc2Cl)ccc1O. The quantitative estimate of drug-likeness (QED) is 0.644. The lowest BCUT2D eigenvalue weighted by atomic mass is 10.2. The van der Waals surface area contributed by atoms with Gasteiger partial charge in [0.15, 0.2) is 6.29 Å². The summed E-state index contributed by atoms with van der Waals surface area (Å²) in [4.78, 5) is 10.7. The van der Waals surface area contributed by atoms with E-state index in [1.54, 1.807) is 18.2 Å². The fraction of sp³-hybridized carbons (Fsp3) is 0. The van der Waals surface area contributed by atoms with Crippen LogP contribution in [-0.2, 0) is 0 Å². The van der Waals surface area contributed by atoms with Crippen LogP contribution in [0.15, 0.2) is 46.6 Å². The summed E-state index contributed by atoms with van der Waals surface area (Å²) in [6, 6.07) is 9.18. The van der Waals surface area contributed by atoms with Crippen molar-refractivity contribution in [1.82, 2.24) is 0 Å². The van der Waals surface area contributed by atoms with Gasteiger partial charge in [0, 0.05) is 5.02 Å². The van der Waals surface area contributed by atoms with E-state index in [0.717, 1.165) is 0 Å². The van der Waals surface area contributed by atoms with Crippen molar-refractivity contribution in [2.45, 2.75) is 0 Å². The summed E-state index contributed by atoms with van der Waals surface area (Å²) in [6.07, 6.45) is 0.545. The molecule has 0 atom stereocenters. The third-order valence-electron chi connectivity index (χ3n) is 2.32. The Bertz CT molecular complexity index is 657. The van der Waals surface area contributed by atoms with Crippen LogP contribution in [0.2, 0.25) is 10.0 Å². The lowest BCUT2D eigenvalue weighted by Gasteiger charge is -1.99. The molecular formula is C13H8Cl2N2O2. The van der Waals surface area contributed by atoms with E-state index < -0.39 is 0 Å². The first-order chi connectivity index (χ1) is 9.10. The van der Waals surface area contributed by atoms with E-state index in [-0.39, 0.29) is 11.3 Å². The summed E-state index contributed by atoms with van der Waals surface area (Å²) in [7, 11) is 0. The molecule has 2 rings (SSSR count). The van der Waals surface area contributed by atoms with Crippen LogP contribution >= 0.6 is 23.2 Å². The molecule has 96 valence electrons. The van der Waals surface area contributed by atoms with E-state index in [4.69, 9.17) is 23.2 Å². The Morgan fingerprint density at radius 2 is 1.84 bits per heavy atom. The zero-order chi connectivity index (χ0) is 13.8. The normalized spacial score (nSPS) is 10.8. The second kappa shape index (κ2) is 5.82. The van der Waals surface area contributed by atoms with Gasteiger partial charge in [-0.25, -0.2) is 0 Å². The smallest absolute Gasteiger partial charge is 0.153 e. The van der Waals surface area contributed by atoms with Gasteiger partial charge in [-0.15, -0.1) is 5.11 Å². The third kappa shape index (κ3) is 3.30. The molecular weight excluding hydrogens is 287 g/mol. The molecule has 0 aliphatic heterocycles. The maximum Gasteiger partial charge on any atom is 0.153 e. The number of azo groups is 1. The van der Waals surface area contributed by atoms with Crippen molar-refractivity contribution >= 4 is 40.9 Å². The fourth-order valence-electron chi connectivity index (χ4n) is 1.37. The molecule has 4 nitrogen and oxygen atoms in total. The lowest BCUT2D eigenvalue weighted by Crippen LogP contribution is -1.79. The molecule has 2 aromatic rings. The Labute approximate surface area is 119 Å². The first-order valence-corrected chi connectivity index (χ1v) is 6.01. The van der Waals surface area contributed by atoms with Crippen molar-refractivity contribution in [1.29, 1.82) is 0 Å². The van der Waals surface area contributed by atoms with Gasteiger partial charge >= 0.3 is 0 Å². The van der Waals surface area contributed by atoms with Crippen LogP contribution in [-0.4, -0.2) is 11.4 Å². The fourth-order valence-corrected chi connectivity index (χ4v) is 1.82. The van der Waals surface area contributed by atoms with Crippen molar-refractivity contribution < 1.29 is 9.90 Å². The number of aldehydes is 1. The van der Waals surface area contributed by atoms with Crippen LogP contribution in [0, 0.1) is 0 Å². The number of hydrogen-bond acceptors (Lipinski definition) is 4. The average molecular weight is 295 g/mol. The van der Waals surface area contributed by atoms with E-state index in [9.17, 15) is 9.90 Å². The van der Waals surface area contributed by atoms with Crippen LogP contribution in [0.5, 0.6) is 5.75 Å². The van der Waals surface area contributed by atoms with Crippen molar-refractivity contribution in [3.63, 3.8) is 0 Å². The van der Waals surface area contributed by atoms with Gasteiger partial charge in [-0.3, -0.25) is 4.79 Å². The molecule has 0 saturated carbocycles. The Balaban J connectivity index is 2.29. The number of nitrogens with zero attached hydrogens (tertiary/aromatic N) is 2. The van der Waals surface area contributed by atoms with Gasteiger partial charge in [0.25, 0.3) is 0 Å². The zero-order valence-corrected chi connectivity index (χ0v) is 11.1. The van der Waals surface area contributed by atoms with Gasteiger partial charge in [-0.05, 0) is 36.4 Å². The van der Waals surface area contributed by atoms with Gasteiger partial charge in [0.1, 0.15) is 11.4 Å². The number of rotatable bonds is 3. The monoisotopic (exact) mass is 294 g/mol. The highest BCUT2D eigenvalue weighted by atomic mass is 35.5. The molecule has 0 unspecified atom stereocenters. The van der Waals surface area contributed by atoms with E-state index in [1.165, 1.54) is 18.2 Å². The van der Waals surface area contributed by atoms with Crippen molar-refractivity contribution in [3.8, 4) is 5.75 Å². The summed E-state index contributed by atoms with van der Waals surface area (Å²) in [5, 5.41) is 18.1. The molecule has 6 heteroatoms. The molecule has 2 aromatic carbocycles. The van der Waals surface area contributed by atoms with Gasteiger partial charge in [-0.2, -0.15) is 5.11 Å². The molecule has 0 spiro atoms. The summed E-state index contributed by atoms with van der Waals surface area (Å²) in [5.41, 5.74) is 1.05. The molecule has 0 aliphatic rings. The molecule has 1 N–H and O–H groups in total. The van der Waals surface area contributed by atoms with Crippen LogP contribution in [0.3, 0.4) is 0 Å². The molecule has 0 aromatic heterocycles. The maximum atomic E-state index is 10.7. The number of phenols is 1. The van der Waals surface area contributed by atoms with E-state index in [1.807, 2.05) is 0 Å². The van der Waals surface area contributed by atoms with Crippen LogP contribution < -0.4 is 0 Å². The largest absolute Gasteiger partial charge is 0.507 e. The molecule has 0 aliphatic carbocycles.